The molecule has 1 aromatic carbocycles. The Labute approximate surface area is 91.2 Å². The lowest BCUT2D eigenvalue weighted by atomic mass is 10.1. The van der Waals surface area contributed by atoms with Crippen molar-refractivity contribution in [1.29, 1.82) is 0 Å². The first-order valence-electron chi connectivity index (χ1n) is 5.28. The Morgan fingerprint density at radius 3 is 2.73 bits per heavy atom. The predicted octanol–water partition coefficient (Wildman–Crippen LogP) is 1.87. The van der Waals surface area contributed by atoms with Gasteiger partial charge in [-0.2, -0.15) is 0 Å². The van der Waals surface area contributed by atoms with Crippen molar-refractivity contribution in [2.45, 2.75) is 20.4 Å². The van der Waals surface area contributed by atoms with E-state index in [-0.39, 0.29) is 0 Å². The van der Waals surface area contributed by atoms with Gasteiger partial charge in [-0.25, -0.2) is 0 Å². The van der Waals surface area contributed by atoms with Crippen LogP contribution in [0.1, 0.15) is 18.1 Å². The van der Waals surface area contributed by atoms with Gasteiger partial charge in [-0.05, 0) is 19.4 Å². The molecular weight excluding hydrogens is 190 g/mol. The summed E-state index contributed by atoms with van der Waals surface area (Å²) in [6.45, 7) is 6.42. The zero-order valence-corrected chi connectivity index (χ0v) is 9.45. The smallest absolute Gasteiger partial charge is 0.126 e. The van der Waals surface area contributed by atoms with Crippen molar-refractivity contribution in [3.63, 3.8) is 0 Å². The Hall–Kier alpha value is -1.06. The molecule has 0 saturated carbocycles. The normalized spacial score (nSPS) is 10.3. The maximum absolute atomic E-state index is 5.66. The highest BCUT2D eigenvalue weighted by Gasteiger charge is 2.04. The monoisotopic (exact) mass is 209 g/mol. The highest BCUT2D eigenvalue weighted by Crippen LogP contribution is 2.22. The van der Waals surface area contributed by atoms with E-state index in [4.69, 9.17) is 15.2 Å². The van der Waals surface area contributed by atoms with Crippen molar-refractivity contribution in [2.75, 3.05) is 19.8 Å². The van der Waals surface area contributed by atoms with Crippen molar-refractivity contribution in [1.82, 2.24) is 0 Å². The van der Waals surface area contributed by atoms with Gasteiger partial charge in [-0.1, -0.05) is 18.2 Å². The van der Waals surface area contributed by atoms with Gasteiger partial charge in [0, 0.05) is 18.7 Å². The average molecular weight is 209 g/mol. The number of ether oxygens (including phenoxy) is 2. The molecule has 0 heterocycles. The van der Waals surface area contributed by atoms with Crippen molar-refractivity contribution in [3.05, 3.63) is 29.3 Å². The molecule has 0 unspecified atom stereocenters. The highest BCUT2D eigenvalue weighted by molar-refractivity contribution is 5.40. The number of nitrogens with two attached hydrogens (primary N) is 1. The fourth-order valence-corrected chi connectivity index (χ4v) is 1.43. The van der Waals surface area contributed by atoms with E-state index in [1.807, 2.05) is 32.0 Å². The van der Waals surface area contributed by atoms with E-state index in [1.54, 1.807) is 0 Å². The molecule has 0 spiro atoms. The van der Waals surface area contributed by atoms with Crippen LogP contribution in [0, 0.1) is 6.92 Å². The number of para-hydroxylation sites is 1. The van der Waals surface area contributed by atoms with Crippen LogP contribution in [0.3, 0.4) is 0 Å². The van der Waals surface area contributed by atoms with Crippen molar-refractivity contribution in [2.24, 2.45) is 5.73 Å². The third kappa shape index (κ3) is 3.53. The second-order valence-electron chi connectivity index (χ2n) is 3.31. The molecule has 0 radical (unpaired) electrons. The maximum atomic E-state index is 5.66. The molecule has 0 atom stereocenters. The first-order valence-corrected chi connectivity index (χ1v) is 5.28. The van der Waals surface area contributed by atoms with Crippen LogP contribution in [0.15, 0.2) is 18.2 Å². The van der Waals surface area contributed by atoms with Crippen LogP contribution >= 0.6 is 0 Å². The van der Waals surface area contributed by atoms with Crippen LogP contribution < -0.4 is 10.5 Å². The second kappa shape index (κ2) is 6.43. The summed E-state index contributed by atoms with van der Waals surface area (Å²) in [5.74, 6) is 0.903. The zero-order chi connectivity index (χ0) is 11.1. The Bertz CT molecular complexity index is 300. The fraction of sp³-hybridized carbons (Fsp3) is 0.500. The number of aryl methyl sites for hydroxylation is 1. The molecule has 0 saturated heterocycles. The molecule has 15 heavy (non-hydrogen) atoms. The minimum absolute atomic E-state index is 0.506. The van der Waals surface area contributed by atoms with Crippen LogP contribution in [-0.2, 0) is 11.3 Å². The van der Waals surface area contributed by atoms with Gasteiger partial charge in [-0.15, -0.1) is 0 Å². The molecular formula is C12H19NO2. The Morgan fingerprint density at radius 1 is 1.27 bits per heavy atom. The van der Waals surface area contributed by atoms with Crippen molar-refractivity contribution < 1.29 is 9.47 Å². The van der Waals surface area contributed by atoms with Gasteiger partial charge in [-0.3, -0.25) is 0 Å². The summed E-state index contributed by atoms with van der Waals surface area (Å²) in [4.78, 5) is 0. The molecule has 1 rings (SSSR count). The molecule has 0 aromatic heterocycles. The van der Waals surface area contributed by atoms with Crippen LogP contribution in [0.4, 0.5) is 0 Å². The first kappa shape index (κ1) is 12.0. The molecule has 0 bridgehead atoms. The van der Waals surface area contributed by atoms with Gasteiger partial charge >= 0.3 is 0 Å². The number of benzene rings is 1. The lowest BCUT2D eigenvalue weighted by molar-refractivity contribution is 0.109. The summed E-state index contributed by atoms with van der Waals surface area (Å²) in [5.41, 5.74) is 7.81. The lowest BCUT2D eigenvalue weighted by Crippen LogP contribution is -2.09. The van der Waals surface area contributed by atoms with Gasteiger partial charge in [0.2, 0.25) is 0 Å². The lowest BCUT2D eigenvalue weighted by Gasteiger charge is -2.12. The minimum atomic E-state index is 0.506. The maximum Gasteiger partial charge on any atom is 0.126 e. The Kier molecular flexibility index (Phi) is 5.15. The summed E-state index contributed by atoms with van der Waals surface area (Å²) >= 11 is 0. The topological polar surface area (TPSA) is 44.5 Å². The summed E-state index contributed by atoms with van der Waals surface area (Å²) in [6, 6.07) is 6.01. The SMILES string of the molecule is CCOCCOc1c(C)cccc1CN. The molecule has 0 aliphatic rings. The van der Waals surface area contributed by atoms with Crippen LogP contribution in [0.25, 0.3) is 0 Å². The van der Waals surface area contributed by atoms with Crippen LogP contribution in [-0.4, -0.2) is 19.8 Å². The van der Waals surface area contributed by atoms with Gasteiger partial charge in [0.1, 0.15) is 12.4 Å². The van der Waals surface area contributed by atoms with Gasteiger partial charge in [0.05, 0.1) is 6.61 Å². The molecule has 3 heteroatoms. The number of rotatable bonds is 6. The van der Waals surface area contributed by atoms with Gasteiger partial charge in [0.25, 0.3) is 0 Å². The minimum Gasteiger partial charge on any atom is -0.491 e. The van der Waals surface area contributed by atoms with Crippen molar-refractivity contribution in [3.8, 4) is 5.75 Å². The van der Waals surface area contributed by atoms with E-state index in [2.05, 4.69) is 0 Å². The van der Waals surface area contributed by atoms with E-state index in [0.717, 1.165) is 23.5 Å². The molecule has 0 aliphatic heterocycles. The molecule has 2 N–H and O–H groups in total. The molecule has 0 amide bonds. The van der Waals surface area contributed by atoms with Crippen LogP contribution in [0.5, 0.6) is 5.75 Å². The molecule has 1 aromatic rings. The first-order chi connectivity index (χ1) is 7.29. The largest absolute Gasteiger partial charge is 0.491 e. The second-order valence-corrected chi connectivity index (χ2v) is 3.31. The average Bonchev–Trinajstić information content (AvgIpc) is 2.26. The molecule has 84 valence electrons. The number of hydrogen-bond acceptors (Lipinski definition) is 3. The zero-order valence-electron chi connectivity index (χ0n) is 9.45. The summed E-state index contributed by atoms with van der Waals surface area (Å²) < 4.78 is 10.9. The van der Waals surface area contributed by atoms with E-state index in [0.29, 0.717) is 19.8 Å². The third-order valence-electron chi connectivity index (χ3n) is 2.19. The van der Waals surface area contributed by atoms with E-state index in [9.17, 15) is 0 Å². The quantitative estimate of drug-likeness (QED) is 0.727. The van der Waals surface area contributed by atoms with E-state index >= 15 is 0 Å². The third-order valence-corrected chi connectivity index (χ3v) is 2.19. The van der Waals surface area contributed by atoms with Gasteiger partial charge in [0.15, 0.2) is 0 Å². The fourth-order valence-electron chi connectivity index (χ4n) is 1.43. The Balaban J connectivity index is 2.58. The van der Waals surface area contributed by atoms with Crippen molar-refractivity contribution >= 4 is 0 Å². The van der Waals surface area contributed by atoms with E-state index < -0.39 is 0 Å². The Morgan fingerprint density at radius 2 is 2.07 bits per heavy atom. The van der Waals surface area contributed by atoms with E-state index in [1.165, 1.54) is 0 Å². The van der Waals surface area contributed by atoms with Crippen LogP contribution in [0.2, 0.25) is 0 Å². The molecule has 3 nitrogen and oxygen atoms in total. The summed E-state index contributed by atoms with van der Waals surface area (Å²) in [6.07, 6.45) is 0. The summed E-state index contributed by atoms with van der Waals surface area (Å²) in [5, 5.41) is 0. The molecule has 0 aliphatic carbocycles. The standard InChI is InChI=1S/C12H19NO2/c1-3-14-7-8-15-12-10(2)5-4-6-11(12)9-13/h4-6H,3,7-9,13H2,1-2H3. The number of hydrogen-bond donors (Lipinski definition) is 1. The summed E-state index contributed by atoms with van der Waals surface area (Å²) in [7, 11) is 0. The van der Waals surface area contributed by atoms with Gasteiger partial charge < -0.3 is 15.2 Å². The highest BCUT2D eigenvalue weighted by atomic mass is 16.5. The molecule has 0 fully saturated rings. The predicted molar refractivity (Wildman–Crippen MR) is 61.1 cm³/mol.